The van der Waals surface area contributed by atoms with Gasteiger partial charge in [0.05, 0.1) is 13.2 Å². The summed E-state index contributed by atoms with van der Waals surface area (Å²) in [7, 11) is -4.64. The van der Waals surface area contributed by atoms with Crippen LogP contribution in [-0.4, -0.2) is 52.9 Å². The van der Waals surface area contributed by atoms with Crippen molar-refractivity contribution in [3.05, 3.63) is 0 Å². The first-order valence-electron chi connectivity index (χ1n) is 11.1. The van der Waals surface area contributed by atoms with Crippen LogP contribution in [0.4, 0.5) is 0 Å². The number of rotatable bonds is 16. The van der Waals surface area contributed by atoms with Crippen molar-refractivity contribution >= 4 is 19.8 Å². The normalized spacial score (nSPS) is 10.3. The van der Waals surface area contributed by atoms with Crippen molar-refractivity contribution in [3.8, 4) is 0 Å². The molecular formula is C20H45N2O8P. The van der Waals surface area contributed by atoms with Crippen LogP contribution in [-0.2, 0) is 23.6 Å². The van der Waals surface area contributed by atoms with Gasteiger partial charge in [0.25, 0.3) is 0 Å². The number of unbranched alkanes of at least 4 members (excludes halogenated alkanes) is 6. The van der Waals surface area contributed by atoms with E-state index in [9.17, 15) is 9.59 Å². The zero-order chi connectivity index (χ0) is 24.4. The highest BCUT2D eigenvalue weighted by Gasteiger charge is 2.02. The average Bonchev–Trinajstić information content (AvgIpc) is 2.68. The van der Waals surface area contributed by atoms with Gasteiger partial charge in [0.2, 0.25) is 0 Å². The Morgan fingerprint density at radius 1 is 0.677 bits per heavy atom. The predicted octanol–water partition coefficient (Wildman–Crippen LogP) is 2.77. The van der Waals surface area contributed by atoms with E-state index in [0.717, 1.165) is 64.2 Å². The lowest BCUT2D eigenvalue weighted by Gasteiger charge is -2.02. The van der Waals surface area contributed by atoms with Gasteiger partial charge in [-0.25, -0.2) is 4.57 Å². The summed E-state index contributed by atoms with van der Waals surface area (Å²) in [5.74, 6) is -0.129. The largest absolute Gasteiger partial charge is 0.466 e. The second-order valence-electron chi connectivity index (χ2n) is 6.86. The Morgan fingerprint density at radius 2 is 1.00 bits per heavy atom. The third-order valence-corrected chi connectivity index (χ3v) is 3.69. The van der Waals surface area contributed by atoms with Gasteiger partial charge < -0.3 is 35.6 Å². The molecule has 188 valence electrons. The average molecular weight is 473 g/mol. The minimum atomic E-state index is -4.64. The summed E-state index contributed by atoms with van der Waals surface area (Å²) in [6, 6.07) is 0. The molecular weight excluding hydrogens is 427 g/mol. The van der Waals surface area contributed by atoms with Crippen molar-refractivity contribution in [2.24, 2.45) is 11.5 Å². The molecule has 7 N–H and O–H groups in total. The van der Waals surface area contributed by atoms with E-state index in [4.69, 9.17) is 40.2 Å². The molecule has 0 aromatic heterocycles. The van der Waals surface area contributed by atoms with Crippen molar-refractivity contribution in [1.82, 2.24) is 0 Å². The molecule has 10 nitrogen and oxygen atoms in total. The summed E-state index contributed by atoms with van der Waals surface area (Å²) in [6.45, 7) is 6.73. The fourth-order valence-electron chi connectivity index (χ4n) is 1.99. The molecule has 0 aromatic carbocycles. The molecule has 0 saturated carbocycles. The fraction of sp³-hybridized carbons (Fsp3) is 0.900. The van der Waals surface area contributed by atoms with Crippen LogP contribution in [0.25, 0.3) is 0 Å². The van der Waals surface area contributed by atoms with Crippen LogP contribution in [0.5, 0.6) is 0 Å². The van der Waals surface area contributed by atoms with Crippen LogP contribution >= 0.6 is 7.82 Å². The molecule has 0 fully saturated rings. The molecule has 0 aliphatic heterocycles. The predicted molar refractivity (Wildman–Crippen MR) is 121 cm³/mol. The lowest BCUT2D eigenvalue weighted by molar-refractivity contribution is -0.144. The maximum absolute atomic E-state index is 11.0. The number of hydrogen-bond donors (Lipinski definition) is 5. The highest BCUT2D eigenvalue weighted by atomic mass is 31.2. The third kappa shape index (κ3) is 47.9. The molecule has 0 aromatic rings. The second kappa shape index (κ2) is 27.0. The molecule has 0 aliphatic carbocycles. The van der Waals surface area contributed by atoms with Gasteiger partial charge in [-0.3, -0.25) is 9.59 Å². The van der Waals surface area contributed by atoms with E-state index in [0.29, 0.717) is 39.1 Å². The topological polar surface area (TPSA) is 182 Å². The molecule has 0 radical (unpaired) electrons. The van der Waals surface area contributed by atoms with E-state index in [1.54, 1.807) is 0 Å². The van der Waals surface area contributed by atoms with Gasteiger partial charge in [-0.2, -0.15) is 0 Å². The van der Waals surface area contributed by atoms with E-state index in [1.165, 1.54) is 0 Å². The molecule has 11 heteroatoms. The molecule has 0 saturated heterocycles. The first kappa shape index (κ1) is 34.6. The van der Waals surface area contributed by atoms with Crippen molar-refractivity contribution in [3.63, 3.8) is 0 Å². The standard InChI is InChI=1S/2C10H21NO2.H3O4P/c2*1-2-3-9-13-10(12)7-5-4-6-8-11;1-5(2,3)4/h2*2-9,11H2,1H3;(H3,1,2,3,4). The highest BCUT2D eigenvalue weighted by molar-refractivity contribution is 7.45. The van der Waals surface area contributed by atoms with Gasteiger partial charge in [-0.15, -0.1) is 0 Å². The molecule has 0 aliphatic rings. The number of esters is 2. The van der Waals surface area contributed by atoms with E-state index >= 15 is 0 Å². The number of carbonyl (C=O) groups is 2. The van der Waals surface area contributed by atoms with Crippen molar-refractivity contribution in [2.75, 3.05) is 26.3 Å². The van der Waals surface area contributed by atoms with Gasteiger partial charge in [-0.1, -0.05) is 39.5 Å². The van der Waals surface area contributed by atoms with E-state index in [-0.39, 0.29) is 11.9 Å². The minimum absolute atomic E-state index is 0.0644. The number of nitrogens with two attached hydrogens (primary N) is 2. The summed E-state index contributed by atoms with van der Waals surface area (Å²) in [6.07, 6.45) is 11.0. The van der Waals surface area contributed by atoms with Crippen LogP contribution in [0.2, 0.25) is 0 Å². The van der Waals surface area contributed by atoms with Crippen LogP contribution in [0, 0.1) is 0 Å². The first-order chi connectivity index (χ1) is 14.6. The zero-order valence-corrected chi connectivity index (χ0v) is 20.2. The van der Waals surface area contributed by atoms with Gasteiger partial charge >= 0.3 is 19.8 Å². The summed E-state index contributed by atoms with van der Waals surface area (Å²) in [5, 5.41) is 0. The molecule has 0 atom stereocenters. The second-order valence-corrected chi connectivity index (χ2v) is 7.89. The summed E-state index contributed by atoms with van der Waals surface area (Å²) in [4.78, 5) is 43.6. The Hall–Kier alpha value is -1.03. The Balaban J connectivity index is -0.000000416. The van der Waals surface area contributed by atoms with Gasteiger partial charge in [0, 0.05) is 12.8 Å². The number of hydrogen-bond acceptors (Lipinski definition) is 7. The van der Waals surface area contributed by atoms with Crippen molar-refractivity contribution in [1.29, 1.82) is 0 Å². The smallest absolute Gasteiger partial charge is 0.466 e. The minimum Gasteiger partial charge on any atom is -0.466 e. The van der Waals surface area contributed by atoms with Gasteiger partial charge in [0.1, 0.15) is 0 Å². The van der Waals surface area contributed by atoms with E-state index in [1.807, 2.05) is 0 Å². The third-order valence-electron chi connectivity index (χ3n) is 3.69. The summed E-state index contributed by atoms with van der Waals surface area (Å²) >= 11 is 0. The number of carbonyl (C=O) groups excluding carboxylic acids is 2. The van der Waals surface area contributed by atoms with Crippen LogP contribution < -0.4 is 11.5 Å². The molecule has 0 spiro atoms. The van der Waals surface area contributed by atoms with Crippen molar-refractivity contribution in [2.45, 2.75) is 90.9 Å². The maximum Gasteiger partial charge on any atom is 0.466 e. The van der Waals surface area contributed by atoms with Crippen LogP contribution in [0.3, 0.4) is 0 Å². The van der Waals surface area contributed by atoms with E-state index in [2.05, 4.69) is 13.8 Å². The Labute approximate surface area is 187 Å². The Morgan fingerprint density at radius 3 is 1.26 bits per heavy atom. The Bertz CT molecular complexity index is 409. The Kier molecular flexibility index (Phi) is 30.1. The number of phosphoric acid groups is 1. The number of ether oxygens (including phenoxy) is 2. The van der Waals surface area contributed by atoms with Crippen LogP contribution in [0.15, 0.2) is 0 Å². The maximum atomic E-state index is 11.0. The molecule has 0 rings (SSSR count). The molecule has 0 bridgehead atoms. The van der Waals surface area contributed by atoms with Crippen LogP contribution in [0.1, 0.15) is 90.9 Å². The molecule has 0 heterocycles. The van der Waals surface area contributed by atoms with Crippen molar-refractivity contribution < 1.29 is 38.3 Å². The van der Waals surface area contributed by atoms with Gasteiger partial charge in [0.15, 0.2) is 0 Å². The fourth-order valence-corrected chi connectivity index (χ4v) is 1.99. The van der Waals surface area contributed by atoms with E-state index < -0.39 is 7.82 Å². The summed E-state index contributed by atoms with van der Waals surface area (Å²) in [5.41, 5.74) is 10.7. The first-order valence-corrected chi connectivity index (χ1v) is 12.7. The zero-order valence-electron chi connectivity index (χ0n) is 19.3. The lowest BCUT2D eigenvalue weighted by Crippen LogP contribution is -2.06. The molecule has 0 unspecified atom stereocenters. The SMILES string of the molecule is CCCCOC(=O)CCCCCN.CCCCOC(=O)CCCCCN.O=P(O)(O)O. The highest BCUT2D eigenvalue weighted by Crippen LogP contribution is 2.25. The quantitative estimate of drug-likeness (QED) is 0.127. The lowest BCUT2D eigenvalue weighted by atomic mass is 10.2. The molecule has 0 amide bonds. The van der Waals surface area contributed by atoms with Gasteiger partial charge in [-0.05, 0) is 51.6 Å². The summed E-state index contributed by atoms with van der Waals surface area (Å²) < 4.78 is 18.9. The molecule has 31 heavy (non-hydrogen) atoms. The monoisotopic (exact) mass is 472 g/mol.